The molecule has 3 aliphatic carbocycles. The Labute approximate surface area is 203 Å². The lowest BCUT2D eigenvalue weighted by atomic mass is 9.49. The van der Waals surface area contributed by atoms with Crippen LogP contribution in [0.25, 0.3) is 11.2 Å². The number of hydrogen-bond donors (Lipinski definition) is 0. The second kappa shape index (κ2) is 8.54. The van der Waals surface area contributed by atoms with Crippen LogP contribution in [0.2, 0.25) is 0 Å². The highest BCUT2D eigenvalue weighted by Gasteiger charge is 2.62. The standard InChI is InChI=1S/C15H16F2N4.C11H16N2O/c1-8-9(2)21-13-12(20-8)11(18-7-19-13)10-3-14(4-10)5-15(16,17)6-14;1-2-6-14-11(3-1)9-7-12-13(8-9)10-4-5-10/h7,10H,3-6H2,1-2H3;7-8,10-11H,1-6H2. The number of halogens is 2. The number of aromatic nitrogens is 6. The van der Waals surface area contributed by atoms with Crippen LogP contribution in [-0.2, 0) is 4.74 Å². The molecule has 0 amide bonds. The lowest BCUT2D eigenvalue weighted by Crippen LogP contribution is -2.53. The molecule has 1 atom stereocenters. The number of alkyl halides is 2. The van der Waals surface area contributed by atoms with Crippen molar-refractivity contribution in [1.29, 1.82) is 0 Å². The van der Waals surface area contributed by atoms with Gasteiger partial charge in [-0.05, 0) is 64.2 Å². The maximum atomic E-state index is 13.1. The fourth-order valence-electron chi connectivity index (χ4n) is 5.93. The molecule has 0 N–H and O–H groups in total. The molecule has 7 rings (SSSR count). The highest BCUT2D eigenvalue weighted by Crippen LogP contribution is 2.66. The van der Waals surface area contributed by atoms with Crippen molar-refractivity contribution in [2.45, 2.75) is 95.6 Å². The third-order valence-electron chi connectivity index (χ3n) is 8.01. The molecule has 4 fully saturated rings. The Hall–Kier alpha value is -2.55. The molecule has 186 valence electrons. The first-order valence-corrected chi connectivity index (χ1v) is 12.8. The van der Waals surface area contributed by atoms with E-state index in [1.807, 2.05) is 20.0 Å². The first-order chi connectivity index (χ1) is 16.8. The van der Waals surface area contributed by atoms with Gasteiger partial charge in [-0.2, -0.15) is 5.10 Å². The predicted octanol–water partition coefficient (Wildman–Crippen LogP) is 5.79. The molecule has 0 bridgehead atoms. The molecular weight excluding hydrogens is 450 g/mol. The lowest BCUT2D eigenvalue weighted by Gasteiger charge is -2.57. The van der Waals surface area contributed by atoms with Crippen LogP contribution in [0.1, 0.15) is 98.5 Å². The molecule has 1 unspecified atom stereocenters. The van der Waals surface area contributed by atoms with E-state index in [-0.39, 0.29) is 24.2 Å². The summed E-state index contributed by atoms with van der Waals surface area (Å²) in [6.07, 6.45) is 13.9. The average Bonchev–Trinajstić information content (AvgIpc) is 3.53. The SMILES string of the molecule is Cc1nc2ncnc(C3CC4(C3)CC(F)(F)C4)c2nc1C.c1nn(C2CC2)cc1C1CCCCO1. The number of aryl methyl sites for hydroxylation is 2. The van der Waals surface area contributed by atoms with Crippen LogP contribution in [0.15, 0.2) is 18.7 Å². The zero-order chi connectivity index (χ0) is 24.2. The topological polar surface area (TPSA) is 78.6 Å². The van der Waals surface area contributed by atoms with Gasteiger partial charge in [-0.1, -0.05) is 0 Å². The monoisotopic (exact) mass is 482 g/mol. The Balaban J connectivity index is 0.000000141. The van der Waals surface area contributed by atoms with Crippen molar-refractivity contribution in [3.8, 4) is 0 Å². The van der Waals surface area contributed by atoms with Crippen molar-refractivity contribution in [2.75, 3.05) is 6.61 Å². The highest BCUT2D eigenvalue weighted by molar-refractivity contribution is 5.73. The van der Waals surface area contributed by atoms with Crippen LogP contribution in [0.4, 0.5) is 8.78 Å². The van der Waals surface area contributed by atoms with E-state index in [0.29, 0.717) is 17.8 Å². The van der Waals surface area contributed by atoms with Crippen molar-refractivity contribution in [1.82, 2.24) is 29.7 Å². The summed E-state index contributed by atoms with van der Waals surface area (Å²) >= 11 is 0. The minimum absolute atomic E-state index is 0.0311. The second-order valence-electron chi connectivity index (χ2n) is 11.0. The number of fused-ring (bicyclic) bond motifs is 1. The Kier molecular flexibility index (Phi) is 5.58. The van der Waals surface area contributed by atoms with Gasteiger partial charge < -0.3 is 4.74 Å². The Morgan fingerprint density at radius 1 is 1.00 bits per heavy atom. The largest absolute Gasteiger partial charge is 0.373 e. The van der Waals surface area contributed by atoms with Gasteiger partial charge in [0.05, 0.1) is 35.4 Å². The van der Waals surface area contributed by atoms with E-state index in [4.69, 9.17) is 4.74 Å². The molecule has 3 aromatic heterocycles. The molecule has 35 heavy (non-hydrogen) atoms. The van der Waals surface area contributed by atoms with Crippen molar-refractivity contribution in [2.24, 2.45) is 5.41 Å². The molecule has 0 aromatic carbocycles. The Morgan fingerprint density at radius 3 is 2.46 bits per heavy atom. The van der Waals surface area contributed by atoms with Gasteiger partial charge in [-0.25, -0.2) is 28.7 Å². The van der Waals surface area contributed by atoms with Crippen LogP contribution < -0.4 is 0 Å². The van der Waals surface area contributed by atoms with Gasteiger partial charge in [0.25, 0.3) is 0 Å². The molecular formula is C26H32F2N6O. The second-order valence-corrected chi connectivity index (χ2v) is 11.0. The third kappa shape index (κ3) is 4.55. The summed E-state index contributed by atoms with van der Waals surface area (Å²) in [5.41, 5.74) is 5.04. The van der Waals surface area contributed by atoms with Crippen LogP contribution in [0.3, 0.4) is 0 Å². The van der Waals surface area contributed by atoms with Gasteiger partial charge in [0.2, 0.25) is 5.92 Å². The molecule has 1 saturated heterocycles. The molecule has 0 radical (unpaired) electrons. The molecule has 4 heterocycles. The van der Waals surface area contributed by atoms with E-state index >= 15 is 0 Å². The third-order valence-corrected chi connectivity index (χ3v) is 8.01. The summed E-state index contributed by atoms with van der Waals surface area (Å²) in [5, 5.41) is 4.39. The van der Waals surface area contributed by atoms with Crippen molar-refractivity contribution in [3.63, 3.8) is 0 Å². The van der Waals surface area contributed by atoms with Gasteiger partial charge in [0, 0.05) is 37.1 Å². The molecule has 1 spiro atoms. The molecule has 9 heteroatoms. The van der Waals surface area contributed by atoms with Gasteiger partial charge in [0.1, 0.15) is 11.8 Å². The number of rotatable bonds is 3. The lowest BCUT2D eigenvalue weighted by molar-refractivity contribution is -0.196. The predicted molar refractivity (Wildman–Crippen MR) is 126 cm³/mol. The van der Waals surface area contributed by atoms with Gasteiger partial charge in [-0.3, -0.25) is 4.68 Å². The summed E-state index contributed by atoms with van der Waals surface area (Å²) in [6.45, 7) is 4.73. The molecule has 3 aromatic rings. The summed E-state index contributed by atoms with van der Waals surface area (Å²) in [7, 11) is 0. The summed E-state index contributed by atoms with van der Waals surface area (Å²) < 4.78 is 34.0. The van der Waals surface area contributed by atoms with Crippen LogP contribution in [0, 0.1) is 19.3 Å². The normalized spacial score (nSPS) is 25.0. The van der Waals surface area contributed by atoms with Gasteiger partial charge >= 0.3 is 0 Å². The van der Waals surface area contributed by atoms with E-state index in [0.717, 1.165) is 48.5 Å². The van der Waals surface area contributed by atoms with Gasteiger partial charge in [-0.15, -0.1) is 0 Å². The number of ether oxygens (including phenoxy) is 1. The quantitative estimate of drug-likeness (QED) is 0.470. The molecule has 7 nitrogen and oxygen atoms in total. The van der Waals surface area contributed by atoms with E-state index in [2.05, 4.69) is 35.9 Å². The van der Waals surface area contributed by atoms with E-state index in [1.54, 1.807) is 0 Å². The van der Waals surface area contributed by atoms with Crippen molar-refractivity contribution >= 4 is 11.2 Å². The van der Waals surface area contributed by atoms with E-state index < -0.39 is 5.92 Å². The van der Waals surface area contributed by atoms with Crippen molar-refractivity contribution in [3.05, 3.63) is 41.4 Å². The average molecular weight is 483 g/mol. The Bertz CT molecular complexity index is 1220. The molecule has 1 aliphatic heterocycles. The maximum Gasteiger partial charge on any atom is 0.249 e. The van der Waals surface area contributed by atoms with Crippen LogP contribution in [0.5, 0.6) is 0 Å². The summed E-state index contributed by atoms with van der Waals surface area (Å²) in [4.78, 5) is 17.5. The Morgan fingerprint density at radius 2 is 1.77 bits per heavy atom. The summed E-state index contributed by atoms with van der Waals surface area (Å²) in [5.74, 6) is -2.24. The zero-order valence-corrected chi connectivity index (χ0v) is 20.4. The smallest absolute Gasteiger partial charge is 0.249 e. The first-order valence-electron chi connectivity index (χ1n) is 12.8. The minimum Gasteiger partial charge on any atom is -0.373 e. The van der Waals surface area contributed by atoms with E-state index in [9.17, 15) is 8.78 Å². The van der Waals surface area contributed by atoms with Crippen LogP contribution >= 0.6 is 0 Å². The zero-order valence-electron chi connectivity index (χ0n) is 20.4. The highest BCUT2D eigenvalue weighted by atomic mass is 19.3. The van der Waals surface area contributed by atoms with Crippen molar-refractivity contribution < 1.29 is 13.5 Å². The number of nitrogens with zero attached hydrogens (tertiary/aromatic N) is 6. The number of hydrogen-bond acceptors (Lipinski definition) is 6. The van der Waals surface area contributed by atoms with E-state index in [1.165, 1.54) is 37.6 Å². The minimum atomic E-state index is -2.45. The molecule has 3 saturated carbocycles. The fraction of sp³-hybridized carbons (Fsp3) is 0.654. The maximum absolute atomic E-state index is 13.1. The van der Waals surface area contributed by atoms with Crippen LogP contribution in [-0.4, -0.2) is 42.2 Å². The van der Waals surface area contributed by atoms with Gasteiger partial charge in [0.15, 0.2) is 5.65 Å². The molecule has 4 aliphatic rings. The summed E-state index contributed by atoms with van der Waals surface area (Å²) in [6, 6.07) is 0.687. The fourth-order valence-corrected chi connectivity index (χ4v) is 5.93. The first kappa shape index (κ1) is 22.9.